The van der Waals surface area contributed by atoms with E-state index in [9.17, 15) is 0 Å². The van der Waals surface area contributed by atoms with Crippen LogP contribution in [0, 0.1) is 23.7 Å². The highest BCUT2D eigenvalue weighted by Gasteiger charge is 2.12. The van der Waals surface area contributed by atoms with Crippen LogP contribution in [-0.4, -0.2) is 0 Å². The van der Waals surface area contributed by atoms with Gasteiger partial charge >= 0.3 is 0 Å². The van der Waals surface area contributed by atoms with E-state index in [1.54, 1.807) is 5.56 Å². The quantitative estimate of drug-likeness (QED) is 0.0650. The van der Waals surface area contributed by atoms with E-state index in [2.05, 4.69) is 73.7 Å². The van der Waals surface area contributed by atoms with E-state index < -0.39 is 0 Å². The summed E-state index contributed by atoms with van der Waals surface area (Å²) in [4.78, 5) is 0. The predicted octanol–water partition coefficient (Wildman–Crippen LogP) is 11.8. The Morgan fingerprint density at radius 3 is 1.18 bits per heavy atom. The molecule has 0 N–H and O–H groups in total. The molecule has 1 heteroatoms. The lowest BCUT2D eigenvalue weighted by Crippen LogP contribution is -2.26. The SMILES string of the molecule is CCCCCCC#CCCCCCCCCC(CCCCCCCCC#CCCCCCC)c1cc[n+](C)cc1. The molecule has 0 bridgehead atoms. The van der Waals surface area contributed by atoms with Gasteiger partial charge in [-0.2, -0.15) is 0 Å². The summed E-state index contributed by atoms with van der Waals surface area (Å²) in [6.07, 6.45) is 38.6. The van der Waals surface area contributed by atoms with Gasteiger partial charge in [-0.15, -0.1) is 23.7 Å². The zero-order valence-corrected chi connectivity index (χ0v) is 27.2. The predicted molar refractivity (Wildman–Crippen MR) is 177 cm³/mol. The summed E-state index contributed by atoms with van der Waals surface area (Å²) >= 11 is 0. The molecule has 0 spiro atoms. The molecule has 1 nitrogen and oxygen atoms in total. The Kier molecular flexibility index (Phi) is 26.1. The largest absolute Gasteiger partial charge is 0.208 e. The highest BCUT2D eigenvalue weighted by Crippen LogP contribution is 2.28. The third-order valence-electron chi connectivity index (χ3n) is 8.25. The molecule has 0 aliphatic heterocycles. The van der Waals surface area contributed by atoms with Crippen LogP contribution in [0.5, 0.6) is 0 Å². The van der Waals surface area contributed by atoms with Crippen LogP contribution in [0.3, 0.4) is 0 Å². The van der Waals surface area contributed by atoms with Gasteiger partial charge in [0.05, 0.1) is 0 Å². The van der Waals surface area contributed by atoms with Gasteiger partial charge in [-0.05, 0) is 50.0 Å². The first-order valence-electron chi connectivity index (χ1n) is 17.6. The molecule has 1 aromatic heterocycles. The number of hydrogen-bond donors (Lipinski definition) is 0. The molecule has 0 fully saturated rings. The first-order valence-corrected chi connectivity index (χ1v) is 17.6. The van der Waals surface area contributed by atoms with Gasteiger partial charge in [-0.25, -0.2) is 4.57 Å². The number of aryl methyl sites for hydroxylation is 1. The summed E-state index contributed by atoms with van der Waals surface area (Å²) in [7, 11) is 2.12. The minimum atomic E-state index is 0.737. The molecule has 40 heavy (non-hydrogen) atoms. The lowest BCUT2D eigenvalue weighted by atomic mass is 9.88. The molecule has 226 valence electrons. The van der Waals surface area contributed by atoms with Gasteiger partial charge < -0.3 is 0 Å². The lowest BCUT2D eigenvalue weighted by Gasteiger charge is -2.17. The summed E-state index contributed by atoms with van der Waals surface area (Å²) in [5, 5.41) is 0. The van der Waals surface area contributed by atoms with Gasteiger partial charge in [0.1, 0.15) is 7.05 Å². The van der Waals surface area contributed by atoms with Crippen molar-refractivity contribution in [3.8, 4) is 23.7 Å². The molecule has 1 heterocycles. The van der Waals surface area contributed by atoms with E-state index in [0.717, 1.165) is 31.6 Å². The smallest absolute Gasteiger partial charge is 0.168 e. The molecular formula is C39H66N+. The van der Waals surface area contributed by atoms with Crippen LogP contribution in [0.4, 0.5) is 0 Å². The summed E-state index contributed by atoms with van der Waals surface area (Å²) < 4.78 is 2.16. The zero-order chi connectivity index (χ0) is 28.8. The van der Waals surface area contributed by atoms with Crippen LogP contribution in [0.1, 0.15) is 192 Å². The van der Waals surface area contributed by atoms with Crippen LogP contribution in [0.2, 0.25) is 0 Å². The fourth-order valence-electron chi connectivity index (χ4n) is 5.52. The maximum absolute atomic E-state index is 3.40. The Bertz CT molecular complexity index is 738. The first kappa shape index (κ1) is 36.3. The summed E-state index contributed by atoms with van der Waals surface area (Å²) in [6, 6.07) is 4.72. The Morgan fingerprint density at radius 1 is 0.475 bits per heavy atom. The molecule has 0 aliphatic carbocycles. The molecule has 0 aromatic carbocycles. The molecule has 0 unspecified atom stereocenters. The number of aromatic nitrogens is 1. The zero-order valence-electron chi connectivity index (χ0n) is 27.2. The fourth-order valence-corrected chi connectivity index (χ4v) is 5.52. The molecule has 0 saturated heterocycles. The maximum atomic E-state index is 3.40. The second-order valence-corrected chi connectivity index (χ2v) is 12.1. The van der Waals surface area contributed by atoms with Crippen LogP contribution < -0.4 is 4.57 Å². The summed E-state index contributed by atoms with van der Waals surface area (Å²) in [5.41, 5.74) is 1.56. The fraction of sp³-hybridized carbons (Fsp3) is 0.769. The standard InChI is InChI=1S/C39H66N/c1-4-6-8-10-12-14-16-18-20-22-24-26-28-30-32-38(39-34-36-40(3)37-35-39)33-31-29-27-25-23-21-19-17-15-13-11-9-7-5-2/h34-38H,4-13,18-33H2,1-3H3/q+1. The van der Waals surface area contributed by atoms with Crippen molar-refractivity contribution >= 4 is 0 Å². The van der Waals surface area contributed by atoms with Crippen molar-refractivity contribution in [2.45, 2.75) is 187 Å². The van der Waals surface area contributed by atoms with Crippen molar-refractivity contribution in [2.75, 3.05) is 0 Å². The highest BCUT2D eigenvalue weighted by molar-refractivity contribution is 5.13. The molecule has 0 atom stereocenters. The van der Waals surface area contributed by atoms with E-state index >= 15 is 0 Å². The van der Waals surface area contributed by atoms with Crippen LogP contribution in [0.25, 0.3) is 0 Å². The first-order chi connectivity index (χ1) is 19.8. The molecule has 0 amide bonds. The lowest BCUT2D eigenvalue weighted by molar-refractivity contribution is -0.671. The average molecular weight is 549 g/mol. The van der Waals surface area contributed by atoms with Crippen molar-refractivity contribution in [3.63, 3.8) is 0 Å². The average Bonchev–Trinajstić information content (AvgIpc) is 2.97. The Balaban J connectivity index is 2.12. The number of unbranched alkanes of at least 4 members (excludes halogenated alkanes) is 20. The second-order valence-electron chi connectivity index (χ2n) is 12.1. The third-order valence-corrected chi connectivity index (χ3v) is 8.25. The number of hydrogen-bond acceptors (Lipinski definition) is 0. The van der Waals surface area contributed by atoms with Crippen LogP contribution in [0.15, 0.2) is 24.5 Å². The Morgan fingerprint density at radius 2 is 0.800 bits per heavy atom. The van der Waals surface area contributed by atoms with Crippen molar-refractivity contribution in [1.29, 1.82) is 0 Å². The maximum Gasteiger partial charge on any atom is 0.168 e. The van der Waals surface area contributed by atoms with Crippen molar-refractivity contribution < 1.29 is 4.57 Å². The van der Waals surface area contributed by atoms with E-state index in [4.69, 9.17) is 0 Å². The van der Waals surface area contributed by atoms with E-state index in [1.807, 2.05) is 0 Å². The van der Waals surface area contributed by atoms with Crippen LogP contribution in [-0.2, 0) is 7.05 Å². The van der Waals surface area contributed by atoms with Crippen LogP contribution >= 0.6 is 0 Å². The molecule has 0 radical (unpaired) electrons. The monoisotopic (exact) mass is 549 g/mol. The third kappa shape index (κ3) is 23.0. The minimum Gasteiger partial charge on any atom is -0.208 e. The highest BCUT2D eigenvalue weighted by atomic mass is 14.9. The van der Waals surface area contributed by atoms with E-state index in [1.165, 1.54) is 141 Å². The van der Waals surface area contributed by atoms with Gasteiger partial charge in [0, 0.05) is 37.8 Å². The van der Waals surface area contributed by atoms with Crippen molar-refractivity contribution in [3.05, 3.63) is 30.1 Å². The van der Waals surface area contributed by atoms with Gasteiger partial charge in [0.15, 0.2) is 12.4 Å². The second kappa shape index (κ2) is 28.8. The molecule has 1 aromatic rings. The van der Waals surface area contributed by atoms with Crippen molar-refractivity contribution in [1.82, 2.24) is 0 Å². The van der Waals surface area contributed by atoms with Gasteiger partial charge in [-0.3, -0.25) is 0 Å². The molecular weight excluding hydrogens is 482 g/mol. The number of pyridine rings is 1. The van der Waals surface area contributed by atoms with Gasteiger partial charge in [0.2, 0.25) is 0 Å². The number of nitrogens with zero attached hydrogens (tertiary/aromatic N) is 1. The molecule has 1 rings (SSSR count). The topological polar surface area (TPSA) is 3.88 Å². The Labute approximate surface area is 251 Å². The molecule has 0 aliphatic rings. The van der Waals surface area contributed by atoms with E-state index in [0.29, 0.717) is 0 Å². The number of rotatable bonds is 25. The van der Waals surface area contributed by atoms with Gasteiger partial charge in [0.25, 0.3) is 0 Å². The summed E-state index contributed by atoms with van der Waals surface area (Å²) in [5.74, 6) is 14.3. The normalized spacial score (nSPS) is 10.8. The van der Waals surface area contributed by atoms with E-state index in [-0.39, 0.29) is 0 Å². The Hall–Kier alpha value is -1.73. The summed E-state index contributed by atoms with van der Waals surface area (Å²) in [6.45, 7) is 4.54. The van der Waals surface area contributed by atoms with Crippen molar-refractivity contribution in [2.24, 2.45) is 7.05 Å². The van der Waals surface area contributed by atoms with Gasteiger partial charge in [-0.1, -0.05) is 117 Å². The minimum absolute atomic E-state index is 0.737. The molecule has 0 saturated carbocycles.